The van der Waals surface area contributed by atoms with Crippen molar-refractivity contribution in [1.82, 2.24) is 25.1 Å². The third kappa shape index (κ3) is 6.28. The quantitative estimate of drug-likeness (QED) is 0.197. The second-order valence-corrected chi connectivity index (χ2v) is 10.3. The lowest BCUT2D eigenvalue weighted by molar-refractivity contribution is 0.0934. The van der Waals surface area contributed by atoms with E-state index in [4.69, 9.17) is 5.10 Å². The van der Waals surface area contributed by atoms with Crippen LogP contribution < -0.4 is 5.32 Å². The van der Waals surface area contributed by atoms with Crippen molar-refractivity contribution in [2.24, 2.45) is 0 Å². The highest BCUT2D eigenvalue weighted by molar-refractivity contribution is 5.94. The largest absolute Gasteiger partial charge is 0.361 e. The van der Waals surface area contributed by atoms with Crippen LogP contribution >= 0.6 is 0 Å². The number of nitrogens with zero attached hydrogens (tertiary/aromatic N) is 3. The van der Waals surface area contributed by atoms with E-state index in [2.05, 4.69) is 80.6 Å². The standard InChI is InChI=1S/C35H33N5O/c41-35(28-16-8-3-9-17-28)37-32(24-29-25-36-31-19-11-10-18-30(29)31)34-39-38-33(21-20-26-12-4-1-5-13-26)40(34)23-22-27-14-6-2-7-15-27/h1-19,25,32,36H,20-24H2,(H,37,41). The molecule has 1 unspecified atom stereocenters. The van der Waals surface area contributed by atoms with Crippen LogP contribution in [0.3, 0.4) is 0 Å². The molecule has 0 spiro atoms. The fourth-order valence-corrected chi connectivity index (χ4v) is 5.38. The molecule has 1 atom stereocenters. The summed E-state index contributed by atoms with van der Waals surface area (Å²) >= 11 is 0. The number of nitrogens with one attached hydrogen (secondary N) is 2. The number of hydrogen-bond donors (Lipinski definition) is 2. The Morgan fingerprint density at radius 3 is 2.10 bits per heavy atom. The van der Waals surface area contributed by atoms with E-state index in [0.717, 1.165) is 53.9 Å². The molecule has 0 aliphatic carbocycles. The van der Waals surface area contributed by atoms with Crippen molar-refractivity contribution < 1.29 is 4.79 Å². The van der Waals surface area contributed by atoms with Gasteiger partial charge in [-0.1, -0.05) is 97.1 Å². The Hall–Kier alpha value is -4.97. The lowest BCUT2D eigenvalue weighted by atomic mass is 10.0. The van der Waals surface area contributed by atoms with Gasteiger partial charge in [0, 0.05) is 42.0 Å². The normalized spacial score (nSPS) is 11.9. The lowest BCUT2D eigenvalue weighted by Gasteiger charge is -2.20. The molecule has 0 aliphatic heterocycles. The van der Waals surface area contributed by atoms with Gasteiger partial charge in [-0.05, 0) is 47.7 Å². The van der Waals surface area contributed by atoms with Gasteiger partial charge in [-0.25, -0.2) is 0 Å². The first kappa shape index (κ1) is 26.3. The van der Waals surface area contributed by atoms with Crippen LogP contribution in [-0.2, 0) is 32.2 Å². The Kier molecular flexibility index (Phi) is 7.99. The molecule has 6 aromatic rings. The topological polar surface area (TPSA) is 75.6 Å². The number of aryl methyl sites for hydroxylation is 3. The fourth-order valence-electron chi connectivity index (χ4n) is 5.38. The number of aromatic nitrogens is 4. The fraction of sp³-hybridized carbons (Fsp3) is 0.171. The van der Waals surface area contributed by atoms with Gasteiger partial charge in [0.25, 0.3) is 5.91 Å². The van der Waals surface area contributed by atoms with Gasteiger partial charge >= 0.3 is 0 Å². The summed E-state index contributed by atoms with van der Waals surface area (Å²) in [5.74, 6) is 1.58. The second-order valence-electron chi connectivity index (χ2n) is 10.3. The summed E-state index contributed by atoms with van der Waals surface area (Å²) in [5, 5.41) is 13.9. The van der Waals surface area contributed by atoms with Crippen molar-refractivity contribution in [3.8, 4) is 0 Å². The predicted octanol–water partition coefficient (Wildman–Crippen LogP) is 6.50. The Labute approximate surface area is 240 Å². The van der Waals surface area contributed by atoms with E-state index in [1.807, 2.05) is 60.8 Å². The van der Waals surface area contributed by atoms with Crippen molar-refractivity contribution in [3.63, 3.8) is 0 Å². The molecule has 41 heavy (non-hydrogen) atoms. The molecule has 6 nitrogen and oxygen atoms in total. The van der Waals surface area contributed by atoms with Crippen LogP contribution in [0.1, 0.15) is 44.7 Å². The average Bonchev–Trinajstić information content (AvgIpc) is 3.64. The number of carbonyl (C=O) groups is 1. The van der Waals surface area contributed by atoms with Gasteiger partial charge in [0.15, 0.2) is 5.82 Å². The SMILES string of the molecule is O=C(NC(Cc1c[nH]c2ccccc12)c1nnc(CCc2ccccc2)n1CCc1ccccc1)c1ccccc1. The average molecular weight is 540 g/mol. The number of hydrogen-bond acceptors (Lipinski definition) is 3. The van der Waals surface area contributed by atoms with Gasteiger partial charge in [0.2, 0.25) is 0 Å². The Morgan fingerprint density at radius 1 is 0.732 bits per heavy atom. The smallest absolute Gasteiger partial charge is 0.251 e. The first-order chi connectivity index (χ1) is 20.2. The van der Waals surface area contributed by atoms with Gasteiger partial charge in [-0.15, -0.1) is 10.2 Å². The van der Waals surface area contributed by atoms with Crippen molar-refractivity contribution >= 4 is 16.8 Å². The van der Waals surface area contributed by atoms with Gasteiger partial charge in [-0.2, -0.15) is 0 Å². The Bertz CT molecular complexity index is 1710. The van der Waals surface area contributed by atoms with Gasteiger partial charge < -0.3 is 14.9 Å². The number of amides is 1. The molecular weight excluding hydrogens is 506 g/mol. The molecule has 0 fully saturated rings. The second kappa shape index (κ2) is 12.5. The number of carbonyl (C=O) groups excluding carboxylic acids is 1. The Morgan fingerprint density at radius 2 is 1.37 bits per heavy atom. The molecule has 4 aromatic carbocycles. The zero-order chi connectivity index (χ0) is 27.9. The van der Waals surface area contributed by atoms with E-state index in [1.54, 1.807) is 0 Å². The molecule has 0 bridgehead atoms. The maximum atomic E-state index is 13.5. The summed E-state index contributed by atoms with van der Waals surface area (Å²) < 4.78 is 2.22. The highest BCUT2D eigenvalue weighted by Crippen LogP contribution is 2.25. The van der Waals surface area contributed by atoms with E-state index >= 15 is 0 Å². The van der Waals surface area contributed by atoms with Crippen molar-refractivity contribution in [1.29, 1.82) is 0 Å². The highest BCUT2D eigenvalue weighted by atomic mass is 16.1. The minimum Gasteiger partial charge on any atom is -0.361 e. The van der Waals surface area contributed by atoms with E-state index < -0.39 is 0 Å². The van der Waals surface area contributed by atoms with E-state index in [-0.39, 0.29) is 11.9 Å². The molecule has 204 valence electrons. The molecule has 6 heteroatoms. The van der Waals surface area contributed by atoms with Crippen LogP contribution in [0.2, 0.25) is 0 Å². The minimum atomic E-state index is -0.365. The number of aromatic amines is 1. The summed E-state index contributed by atoms with van der Waals surface area (Å²) in [5.41, 5.74) is 5.34. The molecule has 0 radical (unpaired) electrons. The zero-order valence-electron chi connectivity index (χ0n) is 22.9. The summed E-state index contributed by atoms with van der Waals surface area (Å²) in [4.78, 5) is 16.8. The minimum absolute atomic E-state index is 0.126. The van der Waals surface area contributed by atoms with Crippen molar-refractivity contribution in [2.75, 3.05) is 0 Å². The van der Waals surface area contributed by atoms with Crippen LogP contribution in [0.25, 0.3) is 10.9 Å². The van der Waals surface area contributed by atoms with Gasteiger partial charge in [0.05, 0.1) is 6.04 Å². The predicted molar refractivity (Wildman–Crippen MR) is 163 cm³/mol. The third-order valence-corrected chi connectivity index (χ3v) is 7.55. The maximum absolute atomic E-state index is 13.5. The molecule has 2 N–H and O–H groups in total. The first-order valence-electron chi connectivity index (χ1n) is 14.2. The van der Waals surface area contributed by atoms with E-state index in [0.29, 0.717) is 12.0 Å². The van der Waals surface area contributed by atoms with Crippen LogP contribution in [0.5, 0.6) is 0 Å². The maximum Gasteiger partial charge on any atom is 0.251 e. The molecule has 0 saturated heterocycles. The monoisotopic (exact) mass is 539 g/mol. The van der Waals surface area contributed by atoms with Crippen LogP contribution in [0.15, 0.2) is 121 Å². The number of benzene rings is 4. The number of H-pyrrole nitrogens is 1. The lowest BCUT2D eigenvalue weighted by Crippen LogP contribution is -2.32. The summed E-state index contributed by atoms with van der Waals surface area (Å²) in [6.45, 7) is 0.724. The summed E-state index contributed by atoms with van der Waals surface area (Å²) in [6.07, 6.45) is 5.10. The molecule has 2 aromatic heterocycles. The van der Waals surface area contributed by atoms with Crippen LogP contribution in [0.4, 0.5) is 0 Å². The molecule has 1 amide bonds. The Balaban J connectivity index is 1.35. The molecular formula is C35H33N5O. The van der Waals surface area contributed by atoms with Gasteiger partial charge in [0.1, 0.15) is 5.82 Å². The van der Waals surface area contributed by atoms with Crippen LogP contribution in [-0.4, -0.2) is 25.7 Å². The van der Waals surface area contributed by atoms with Gasteiger partial charge in [-0.3, -0.25) is 4.79 Å². The highest BCUT2D eigenvalue weighted by Gasteiger charge is 2.25. The number of fused-ring (bicyclic) bond motifs is 1. The zero-order valence-corrected chi connectivity index (χ0v) is 22.9. The van der Waals surface area contributed by atoms with Crippen molar-refractivity contribution in [3.05, 3.63) is 155 Å². The number of rotatable bonds is 11. The molecule has 6 rings (SSSR count). The number of para-hydroxylation sites is 1. The first-order valence-corrected chi connectivity index (χ1v) is 14.2. The van der Waals surface area contributed by atoms with Crippen LogP contribution in [0, 0.1) is 0 Å². The molecule has 2 heterocycles. The van der Waals surface area contributed by atoms with Crippen molar-refractivity contribution in [2.45, 2.75) is 38.3 Å². The molecule has 0 saturated carbocycles. The summed E-state index contributed by atoms with van der Waals surface area (Å²) in [7, 11) is 0. The summed E-state index contributed by atoms with van der Waals surface area (Å²) in [6, 6.07) is 38.2. The molecule has 0 aliphatic rings. The van der Waals surface area contributed by atoms with E-state index in [9.17, 15) is 4.79 Å². The third-order valence-electron chi connectivity index (χ3n) is 7.55. The van der Waals surface area contributed by atoms with E-state index in [1.165, 1.54) is 11.1 Å².